The standard InChI is InChI=1S/C6H14N2S/c7-2-1-3-8-4-5-9-6-8/h1-7H2. The van der Waals surface area contributed by atoms with Crippen LogP contribution in [0, 0.1) is 0 Å². The molecule has 3 heteroatoms. The second-order valence-corrected chi connectivity index (χ2v) is 3.37. The summed E-state index contributed by atoms with van der Waals surface area (Å²) in [5.41, 5.74) is 5.37. The molecule has 0 aromatic rings. The fourth-order valence-electron chi connectivity index (χ4n) is 0.943. The molecule has 1 fully saturated rings. The first-order valence-corrected chi connectivity index (χ1v) is 4.59. The van der Waals surface area contributed by atoms with Crippen molar-refractivity contribution in [2.45, 2.75) is 6.42 Å². The van der Waals surface area contributed by atoms with Crippen molar-refractivity contribution in [1.29, 1.82) is 0 Å². The highest BCUT2D eigenvalue weighted by Gasteiger charge is 2.09. The van der Waals surface area contributed by atoms with Gasteiger partial charge in [-0.2, -0.15) is 0 Å². The number of hydrogen-bond acceptors (Lipinski definition) is 3. The zero-order valence-corrected chi connectivity index (χ0v) is 6.49. The maximum absolute atomic E-state index is 5.37. The Balaban J connectivity index is 1.98. The number of thioether (sulfide) groups is 1. The first-order chi connectivity index (χ1) is 4.43. The molecule has 1 rings (SSSR count). The molecule has 0 atom stereocenters. The third-order valence-electron chi connectivity index (χ3n) is 1.50. The van der Waals surface area contributed by atoms with Crippen LogP contribution < -0.4 is 5.73 Å². The third kappa shape index (κ3) is 2.56. The summed E-state index contributed by atoms with van der Waals surface area (Å²) in [6, 6.07) is 0. The minimum atomic E-state index is 0.834. The smallest absolute Gasteiger partial charge is 0.0445 e. The molecule has 1 heterocycles. The average molecular weight is 146 g/mol. The molecule has 1 saturated heterocycles. The first kappa shape index (κ1) is 7.38. The number of rotatable bonds is 3. The summed E-state index contributed by atoms with van der Waals surface area (Å²) in [7, 11) is 0. The molecular weight excluding hydrogens is 132 g/mol. The summed E-state index contributed by atoms with van der Waals surface area (Å²) >= 11 is 2.02. The molecule has 0 saturated carbocycles. The highest BCUT2D eigenvalue weighted by molar-refractivity contribution is 7.99. The van der Waals surface area contributed by atoms with Crippen molar-refractivity contribution in [2.24, 2.45) is 5.73 Å². The monoisotopic (exact) mass is 146 g/mol. The van der Waals surface area contributed by atoms with Gasteiger partial charge in [-0.25, -0.2) is 0 Å². The number of hydrogen-bond donors (Lipinski definition) is 1. The van der Waals surface area contributed by atoms with E-state index in [1.54, 1.807) is 0 Å². The van der Waals surface area contributed by atoms with E-state index >= 15 is 0 Å². The van der Waals surface area contributed by atoms with Gasteiger partial charge in [0.2, 0.25) is 0 Å². The van der Waals surface area contributed by atoms with E-state index in [0.717, 1.165) is 13.0 Å². The molecule has 0 amide bonds. The van der Waals surface area contributed by atoms with Gasteiger partial charge in [0.1, 0.15) is 0 Å². The van der Waals surface area contributed by atoms with E-state index in [4.69, 9.17) is 5.73 Å². The molecule has 0 unspecified atom stereocenters. The zero-order chi connectivity index (χ0) is 6.53. The minimum absolute atomic E-state index is 0.834. The van der Waals surface area contributed by atoms with Gasteiger partial charge < -0.3 is 5.73 Å². The highest BCUT2D eigenvalue weighted by Crippen LogP contribution is 2.12. The lowest BCUT2D eigenvalue weighted by atomic mass is 10.4. The van der Waals surface area contributed by atoms with Crippen molar-refractivity contribution < 1.29 is 0 Å². The summed E-state index contributed by atoms with van der Waals surface area (Å²) in [6.07, 6.45) is 1.15. The molecule has 54 valence electrons. The molecule has 1 aliphatic rings. The molecular formula is C6H14N2S. The van der Waals surface area contributed by atoms with Gasteiger partial charge in [0.25, 0.3) is 0 Å². The molecule has 9 heavy (non-hydrogen) atoms. The largest absolute Gasteiger partial charge is 0.330 e. The van der Waals surface area contributed by atoms with Crippen molar-refractivity contribution in [2.75, 3.05) is 31.3 Å². The topological polar surface area (TPSA) is 29.3 Å². The Hall–Kier alpha value is 0.270. The van der Waals surface area contributed by atoms with Gasteiger partial charge in [-0.15, -0.1) is 11.8 Å². The zero-order valence-electron chi connectivity index (χ0n) is 5.68. The third-order valence-corrected chi connectivity index (χ3v) is 2.52. The lowest BCUT2D eigenvalue weighted by Gasteiger charge is -2.11. The second kappa shape index (κ2) is 4.14. The van der Waals surface area contributed by atoms with Gasteiger partial charge in [0, 0.05) is 24.7 Å². The lowest BCUT2D eigenvalue weighted by Crippen LogP contribution is -2.22. The van der Waals surface area contributed by atoms with Gasteiger partial charge in [-0.05, 0) is 13.0 Å². The van der Waals surface area contributed by atoms with Gasteiger partial charge in [0.15, 0.2) is 0 Å². The van der Waals surface area contributed by atoms with Crippen LogP contribution in [0.25, 0.3) is 0 Å². The van der Waals surface area contributed by atoms with Gasteiger partial charge in [0.05, 0.1) is 0 Å². The predicted molar refractivity (Wildman–Crippen MR) is 42.6 cm³/mol. The van der Waals surface area contributed by atoms with Crippen LogP contribution in [0.3, 0.4) is 0 Å². The highest BCUT2D eigenvalue weighted by atomic mass is 32.2. The molecule has 1 aliphatic heterocycles. The van der Waals surface area contributed by atoms with E-state index in [9.17, 15) is 0 Å². The van der Waals surface area contributed by atoms with Gasteiger partial charge in [-0.3, -0.25) is 4.90 Å². The van der Waals surface area contributed by atoms with E-state index in [-0.39, 0.29) is 0 Å². The van der Waals surface area contributed by atoms with Crippen LogP contribution in [-0.2, 0) is 0 Å². The van der Waals surface area contributed by atoms with E-state index in [1.165, 1.54) is 24.7 Å². The molecule has 2 nitrogen and oxygen atoms in total. The molecule has 0 aromatic heterocycles. The van der Waals surface area contributed by atoms with Crippen molar-refractivity contribution in [3.63, 3.8) is 0 Å². The molecule has 0 aliphatic carbocycles. The fraction of sp³-hybridized carbons (Fsp3) is 1.00. The SMILES string of the molecule is NCCCN1CCSC1. The van der Waals surface area contributed by atoms with Crippen LogP contribution in [0.15, 0.2) is 0 Å². The summed E-state index contributed by atoms with van der Waals surface area (Å²) < 4.78 is 0. The summed E-state index contributed by atoms with van der Waals surface area (Å²) in [5, 5.41) is 0. The Labute approximate surface area is 60.8 Å². The Morgan fingerprint density at radius 3 is 3.00 bits per heavy atom. The maximum Gasteiger partial charge on any atom is 0.0445 e. The average Bonchev–Trinajstić information content (AvgIpc) is 2.34. The summed E-state index contributed by atoms with van der Waals surface area (Å²) in [4.78, 5) is 2.46. The van der Waals surface area contributed by atoms with Crippen molar-refractivity contribution in [1.82, 2.24) is 4.90 Å². The van der Waals surface area contributed by atoms with E-state index in [0.29, 0.717) is 0 Å². The predicted octanol–water partition coefficient (Wildman–Crippen LogP) is 0.342. The molecule has 2 N–H and O–H groups in total. The number of nitrogens with zero attached hydrogens (tertiary/aromatic N) is 1. The van der Waals surface area contributed by atoms with E-state index in [2.05, 4.69) is 4.90 Å². The molecule has 0 spiro atoms. The summed E-state index contributed by atoms with van der Waals surface area (Å²) in [5.74, 6) is 2.53. The fourth-order valence-corrected chi connectivity index (χ4v) is 1.98. The minimum Gasteiger partial charge on any atom is -0.330 e. The maximum atomic E-state index is 5.37. The van der Waals surface area contributed by atoms with Crippen LogP contribution >= 0.6 is 11.8 Å². The van der Waals surface area contributed by atoms with Gasteiger partial charge >= 0.3 is 0 Å². The van der Waals surface area contributed by atoms with Gasteiger partial charge in [-0.1, -0.05) is 0 Å². The van der Waals surface area contributed by atoms with Crippen LogP contribution in [-0.4, -0.2) is 36.2 Å². The number of nitrogens with two attached hydrogens (primary N) is 1. The summed E-state index contributed by atoms with van der Waals surface area (Å²) in [6.45, 7) is 3.30. The Bertz CT molecular complexity index is 71.5. The second-order valence-electron chi connectivity index (χ2n) is 2.30. The van der Waals surface area contributed by atoms with Crippen molar-refractivity contribution in [3.05, 3.63) is 0 Å². The normalized spacial score (nSPS) is 21.0. The van der Waals surface area contributed by atoms with Crippen molar-refractivity contribution >= 4 is 11.8 Å². The van der Waals surface area contributed by atoms with Crippen LogP contribution in [0.2, 0.25) is 0 Å². The van der Waals surface area contributed by atoms with Crippen molar-refractivity contribution in [3.8, 4) is 0 Å². The van der Waals surface area contributed by atoms with E-state index in [1.807, 2.05) is 11.8 Å². The van der Waals surface area contributed by atoms with Crippen LogP contribution in [0.5, 0.6) is 0 Å². The molecule has 0 aromatic carbocycles. The first-order valence-electron chi connectivity index (χ1n) is 3.43. The van der Waals surface area contributed by atoms with Crippen LogP contribution in [0.4, 0.5) is 0 Å². The lowest BCUT2D eigenvalue weighted by molar-refractivity contribution is 0.352. The van der Waals surface area contributed by atoms with E-state index < -0.39 is 0 Å². The van der Waals surface area contributed by atoms with Crippen LogP contribution in [0.1, 0.15) is 6.42 Å². The Morgan fingerprint density at radius 1 is 1.56 bits per heavy atom. The Morgan fingerprint density at radius 2 is 2.44 bits per heavy atom. The molecule has 0 radical (unpaired) electrons. The Kier molecular flexibility index (Phi) is 3.40. The molecule has 0 bridgehead atoms. The quantitative estimate of drug-likeness (QED) is 0.622.